The molecule has 0 fully saturated rings. The maximum absolute atomic E-state index is 2.29. The van der Waals surface area contributed by atoms with Crippen LogP contribution in [0.2, 0.25) is 0 Å². The fourth-order valence-corrected chi connectivity index (χ4v) is 3.40. The van der Waals surface area contributed by atoms with Gasteiger partial charge in [0.1, 0.15) is 0 Å². The first-order chi connectivity index (χ1) is 11.8. The Morgan fingerprint density at radius 2 is 1.21 bits per heavy atom. The molecule has 0 nitrogen and oxygen atoms in total. The monoisotopic (exact) mass is 308 g/mol. The molecule has 0 saturated carbocycles. The van der Waals surface area contributed by atoms with Crippen molar-refractivity contribution in [1.82, 2.24) is 0 Å². The molecule has 24 heavy (non-hydrogen) atoms. The minimum atomic E-state index is 0.974. The third kappa shape index (κ3) is 2.72. The van der Waals surface area contributed by atoms with Crippen LogP contribution in [0.3, 0.4) is 0 Å². The molecule has 0 aliphatic carbocycles. The number of fused-ring (bicyclic) bond motifs is 1. The highest BCUT2D eigenvalue weighted by Gasteiger charge is 2.08. The molecule has 0 unspecified atom stereocenters. The lowest BCUT2D eigenvalue weighted by atomic mass is 9.91. The van der Waals surface area contributed by atoms with Crippen molar-refractivity contribution in [3.63, 3.8) is 0 Å². The summed E-state index contributed by atoms with van der Waals surface area (Å²) < 4.78 is 0. The Morgan fingerprint density at radius 1 is 0.542 bits per heavy atom. The van der Waals surface area contributed by atoms with Gasteiger partial charge in [-0.15, -0.1) is 0 Å². The minimum absolute atomic E-state index is 0.974. The van der Waals surface area contributed by atoms with Gasteiger partial charge >= 0.3 is 0 Å². The standard InChI is InChI=1S/C24H20/c1-18-9-5-6-12-20(18)17-21-15-16-23(19-10-3-2-4-11-19)24-14-8-7-13-22(21)24/h2-16H,17H2,1H3. The first-order valence-corrected chi connectivity index (χ1v) is 8.43. The highest BCUT2D eigenvalue weighted by Crippen LogP contribution is 2.32. The molecule has 0 N–H and O–H groups in total. The Morgan fingerprint density at radius 3 is 2.00 bits per heavy atom. The smallest absolute Gasteiger partial charge is 0.00170 e. The second-order valence-electron chi connectivity index (χ2n) is 6.29. The van der Waals surface area contributed by atoms with Crippen LogP contribution in [0.5, 0.6) is 0 Å². The van der Waals surface area contributed by atoms with Gasteiger partial charge in [0.25, 0.3) is 0 Å². The Hall–Kier alpha value is -2.86. The number of hydrogen-bond acceptors (Lipinski definition) is 0. The van der Waals surface area contributed by atoms with Crippen molar-refractivity contribution in [3.05, 3.63) is 108 Å². The van der Waals surface area contributed by atoms with Crippen molar-refractivity contribution < 1.29 is 0 Å². The maximum atomic E-state index is 2.29. The van der Waals surface area contributed by atoms with E-state index < -0.39 is 0 Å². The van der Waals surface area contributed by atoms with Gasteiger partial charge in [-0.2, -0.15) is 0 Å². The molecule has 4 aromatic carbocycles. The zero-order valence-electron chi connectivity index (χ0n) is 13.9. The van der Waals surface area contributed by atoms with Gasteiger partial charge in [0, 0.05) is 0 Å². The summed E-state index contributed by atoms with van der Waals surface area (Å²) in [5.74, 6) is 0. The second kappa shape index (κ2) is 6.33. The normalized spacial score (nSPS) is 10.9. The van der Waals surface area contributed by atoms with Gasteiger partial charge in [-0.1, -0.05) is 91.0 Å². The quantitative estimate of drug-likeness (QED) is 0.410. The third-order valence-corrected chi connectivity index (χ3v) is 4.74. The molecule has 0 amide bonds. The molecule has 4 aromatic rings. The lowest BCUT2D eigenvalue weighted by Gasteiger charge is -2.13. The van der Waals surface area contributed by atoms with Crippen LogP contribution in [-0.4, -0.2) is 0 Å². The van der Waals surface area contributed by atoms with Gasteiger partial charge in [0.05, 0.1) is 0 Å². The molecule has 0 aliphatic rings. The zero-order chi connectivity index (χ0) is 16.4. The molecule has 0 saturated heterocycles. The highest BCUT2D eigenvalue weighted by atomic mass is 14.1. The summed E-state index contributed by atoms with van der Waals surface area (Å²) in [5, 5.41) is 2.68. The fraction of sp³-hybridized carbons (Fsp3) is 0.0833. The van der Waals surface area contributed by atoms with Crippen LogP contribution in [0.1, 0.15) is 16.7 Å². The summed E-state index contributed by atoms with van der Waals surface area (Å²) in [6.45, 7) is 2.19. The zero-order valence-corrected chi connectivity index (χ0v) is 13.9. The number of benzene rings is 4. The van der Waals surface area contributed by atoms with E-state index in [1.807, 2.05) is 0 Å². The summed E-state index contributed by atoms with van der Waals surface area (Å²) in [4.78, 5) is 0. The van der Waals surface area contributed by atoms with Gasteiger partial charge in [0.2, 0.25) is 0 Å². The minimum Gasteiger partial charge on any atom is -0.0622 e. The topological polar surface area (TPSA) is 0 Å². The molecule has 0 heteroatoms. The molecule has 0 radical (unpaired) electrons. The predicted octanol–water partition coefficient (Wildman–Crippen LogP) is 6.41. The summed E-state index contributed by atoms with van der Waals surface area (Å²) in [6, 6.07) is 32.6. The van der Waals surface area contributed by atoms with E-state index in [1.54, 1.807) is 0 Å². The molecular weight excluding hydrogens is 288 g/mol. The van der Waals surface area contributed by atoms with E-state index in [9.17, 15) is 0 Å². The molecule has 116 valence electrons. The Balaban J connectivity index is 1.86. The van der Waals surface area contributed by atoms with Crippen molar-refractivity contribution in [2.45, 2.75) is 13.3 Å². The summed E-state index contributed by atoms with van der Waals surface area (Å²) in [5.41, 5.74) is 6.72. The summed E-state index contributed by atoms with van der Waals surface area (Å²) >= 11 is 0. The maximum Gasteiger partial charge on any atom is -0.00170 e. The molecular formula is C24H20. The average molecular weight is 308 g/mol. The van der Waals surface area contributed by atoms with E-state index in [1.165, 1.54) is 38.6 Å². The molecule has 0 atom stereocenters. The van der Waals surface area contributed by atoms with E-state index in [4.69, 9.17) is 0 Å². The van der Waals surface area contributed by atoms with Crippen molar-refractivity contribution in [2.75, 3.05) is 0 Å². The Kier molecular flexibility index (Phi) is 3.88. The second-order valence-corrected chi connectivity index (χ2v) is 6.29. The van der Waals surface area contributed by atoms with Crippen LogP contribution in [0.25, 0.3) is 21.9 Å². The van der Waals surface area contributed by atoms with Crippen LogP contribution in [-0.2, 0) is 6.42 Å². The molecule has 4 rings (SSSR count). The third-order valence-electron chi connectivity index (χ3n) is 4.74. The van der Waals surface area contributed by atoms with E-state index in [0.717, 1.165) is 6.42 Å². The van der Waals surface area contributed by atoms with Crippen molar-refractivity contribution in [2.24, 2.45) is 0 Å². The van der Waals surface area contributed by atoms with Crippen LogP contribution in [0, 0.1) is 6.92 Å². The van der Waals surface area contributed by atoms with Gasteiger partial charge in [-0.25, -0.2) is 0 Å². The fourth-order valence-electron chi connectivity index (χ4n) is 3.40. The Labute approximate surface area is 143 Å². The first kappa shape index (κ1) is 14.7. The number of aryl methyl sites for hydroxylation is 1. The molecule has 0 heterocycles. The van der Waals surface area contributed by atoms with Crippen LogP contribution in [0.15, 0.2) is 91.0 Å². The summed E-state index contributed by atoms with van der Waals surface area (Å²) in [6.07, 6.45) is 0.974. The van der Waals surface area contributed by atoms with E-state index >= 15 is 0 Å². The van der Waals surface area contributed by atoms with Crippen LogP contribution < -0.4 is 0 Å². The van der Waals surface area contributed by atoms with Crippen LogP contribution in [0.4, 0.5) is 0 Å². The predicted molar refractivity (Wildman–Crippen MR) is 103 cm³/mol. The largest absolute Gasteiger partial charge is 0.0622 e. The molecule has 0 aromatic heterocycles. The molecule has 0 spiro atoms. The number of rotatable bonds is 3. The van der Waals surface area contributed by atoms with Gasteiger partial charge < -0.3 is 0 Å². The Bertz CT molecular complexity index is 981. The number of hydrogen-bond donors (Lipinski definition) is 0. The van der Waals surface area contributed by atoms with Crippen LogP contribution >= 0.6 is 0 Å². The highest BCUT2D eigenvalue weighted by molar-refractivity contribution is 5.98. The van der Waals surface area contributed by atoms with Gasteiger partial charge in [-0.3, -0.25) is 0 Å². The van der Waals surface area contributed by atoms with Gasteiger partial charge in [0.15, 0.2) is 0 Å². The molecule has 0 bridgehead atoms. The van der Waals surface area contributed by atoms with E-state index in [-0.39, 0.29) is 0 Å². The van der Waals surface area contributed by atoms with Crippen molar-refractivity contribution >= 4 is 10.8 Å². The lowest BCUT2D eigenvalue weighted by molar-refractivity contribution is 1.17. The van der Waals surface area contributed by atoms with Crippen molar-refractivity contribution in [3.8, 4) is 11.1 Å². The first-order valence-electron chi connectivity index (χ1n) is 8.43. The van der Waals surface area contributed by atoms with E-state index in [0.29, 0.717) is 0 Å². The lowest BCUT2D eigenvalue weighted by Crippen LogP contribution is -1.94. The van der Waals surface area contributed by atoms with Gasteiger partial charge in [-0.05, 0) is 51.9 Å². The molecule has 0 aliphatic heterocycles. The SMILES string of the molecule is Cc1ccccc1Cc1ccc(-c2ccccc2)c2ccccc12. The van der Waals surface area contributed by atoms with E-state index in [2.05, 4.69) is 97.9 Å². The average Bonchev–Trinajstić information content (AvgIpc) is 2.64. The van der Waals surface area contributed by atoms with Crippen molar-refractivity contribution in [1.29, 1.82) is 0 Å². The summed E-state index contributed by atoms with van der Waals surface area (Å²) in [7, 11) is 0.